The zero-order valence-electron chi connectivity index (χ0n) is 15.4. The Morgan fingerprint density at radius 3 is 2.69 bits per heavy atom. The van der Waals surface area contributed by atoms with Crippen molar-refractivity contribution in [2.24, 2.45) is 4.99 Å². The van der Waals surface area contributed by atoms with Crippen molar-refractivity contribution in [3.05, 3.63) is 54.1 Å². The summed E-state index contributed by atoms with van der Waals surface area (Å²) < 4.78 is 5.14. The number of methoxy groups -OCH3 is 1. The van der Waals surface area contributed by atoms with Crippen molar-refractivity contribution >= 4 is 17.7 Å². The minimum Gasteiger partial charge on any atom is -0.504 e. The molecule has 26 heavy (non-hydrogen) atoms. The van der Waals surface area contributed by atoms with E-state index in [-0.39, 0.29) is 5.75 Å². The third-order valence-corrected chi connectivity index (χ3v) is 4.68. The summed E-state index contributed by atoms with van der Waals surface area (Å²) in [6, 6.07) is 15.8. The Hall–Kier alpha value is -2.34. The van der Waals surface area contributed by atoms with Gasteiger partial charge in [-0.25, -0.2) is 0 Å². The molecule has 5 nitrogen and oxygen atoms in total. The van der Waals surface area contributed by atoms with E-state index in [2.05, 4.69) is 46.8 Å². The lowest BCUT2D eigenvalue weighted by Crippen LogP contribution is -2.38. The van der Waals surface area contributed by atoms with Crippen molar-refractivity contribution < 1.29 is 9.84 Å². The van der Waals surface area contributed by atoms with Gasteiger partial charge >= 0.3 is 0 Å². The quantitative estimate of drug-likeness (QED) is 0.272. The van der Waals surface area contributed by atoms with Gasteiger partial charge in [0.25, 0.3) is 0 Å². The standard InChI is InChI=1S/C20H27N3O2S/c1-3-21-20(23-13-14-26-17-7-5-4-6-8-17)22-12-11-16-9-10-18(24)19(15-16)25-2/h4-10,15,24H,3,11-14H2,1-2H3,(H2,21,22,23). The van der Waals surface area contributed by atoms with E-state index in [1.807, 2.05) is 30.0 Å². The van der Waals surface area contributed by atoms with E-state index in [1.54, 1.807) is 13.2 Å². The van der Waals surface area contributed by atoms with Crippen LogP contribution >= 0.6 is 11.8 Å². The molecule has 0 aliphatic carbocycles. The molecule has 0 aliphatic rings. The first-order valence-corrected chi connectivity index (χ1v) is 9.77. The maximum atomic E-state index is 9.65. The average molecular weight is 374 g/mol. The fraction of sp³-hybridized carbons (Fsp3) is 0.350. The van der Waals surface area contributed by atoms with Gasteiger partial charge in [-0.3, -0.25) is 4.99 Å². The van der Waals surface area contributed by atoms with E-state index in [0.717, 1.165) is 36.8 Å². The molecule has 0 radical (unpaired) electrons. The van der Waals surface area contributed by atoms with Crippen LogP contribution in [-0.2, 0) is 6.42 Å². The van der Waals surface area contributed by atoms with Crippen molar-refractivity contribution in [1.29, 1.82) is 0 Å². The smallest absolute Gasteiger partial charge is 0.191 e. The zero-order chi connectivity index (χ0) is 18.6. The highest BCUT2D eigenvalue weighted by Gasteiger charge is 2.03. The van der Waals surface area contributed by atoms with E-state index < -0.39 is 0 Å². The van der Waals surface area contributed by atoms with Gasteiger partial charge in [0.1, 0.15) is 0 Å². The number of nitrogens with zero attached hydrogens (tertiary/aromatic N) is 1. The van der Waals surface area contributed by atoms with Crippen molar-refractivity contribution in [3.63, 3.8) is 0 Å². The largest absolute Gasteiger partial charge is 0.504 e. The Morgan fingerprint density at radius 1 is 1.15 bits per heavy atom. The second kappa shape index (κ2) is 11.3. The highest BCUT2D eigenvalue weighted by Crippen LogP contribution is 2.26. The molecular weight excluding hydrogens is 346 g/mol. The van der Waals surface area contributed by atoms with Crippen LogP contribution in [-0.4, -0.2) is 43.6 Å². The molecule has 0 bridgehead atoms. The Balaban J connectivity index is 1.78. The molecule has 3 N–H and O–H groups in total. The van der Waals surface area contributed by atoms with Gasteiger partial charge in [0.05, 0.1) is 7.11 Å². The average Bonchev–Trinajstić information content (AvgIpc) is 2.67. The highest BCUT2D eigenvalue weighted by atomic mass is 32.2. The number of phenols is 1. The molecule has 2 rings (SSSR count). The van der Waals surface area contributed by atoms with Crippen molar-refractivity contribution in [2.75, 3.05) is 32.5 Å². The van der Waals surface area contributed by atoms with Crippen LogP contribution < -0.4 is 15.4 Å². The molecule has 0 amide bonds. The number of thioether (sulfide) groups is 1. The lowest BCUT2D eigenvalue weighted by molar-refractivity contribution is 0.373. The summed E-state index contributed by atoms with van der Waals surface area (Å²) in [5.74, 6) is 2.45. The van der Waals surface area contributed by atoms with Crippen LogP contribution in [0.25, 0.3) is 0 Å². The Kier molecular flexibility index (Phi) is 8.69. The Morgan fingerprint density at radius 2 is 1.96 bits per heavy atom. The topological polar surface area (TPSA) is 65.9 Å². The van der Waals surface area contributed by atoms with Gasteiger partial charge in [-0.15, -0.1) is 11.8 Å². The molecule has 0 atom stereocenters. The SMILES string of the molecule is CCNC(=NCCc1ccc(O)c(OC)c1)NCCSc1ccccc1. The van der Waals surface area contributed by atoms with Crippen LogP contribution in [0.3, 0.4) is 0 Å². The highest BCUT2D eigenvalue weighted by molar-refractivity contribution is 7.99. The normalized spacial score (nSPS) is 11.2. The maximum Gasteiger partial charge on any atom is 0.191 e. The van der Waals surface area contributed by atoms with Crippen LogP contribution in [0, 0.1) is 0 Å². The van der Waals surface area contributed by atoms with E-state index in [9.17, 15) is 5.11 Å². The zero-order valence-corrected chi connectivity index (χ0v) is 16.2. The Labute approximate surface area is 159 Å². The lowest BCUT2D eigenvalue weighted by atomic mass is 10.1. The number of phenolic OH excluding ortho intramolecular Hbond substituents is 1. The third-order valence-electron chi connectivity index (χ3n) is 3.67. The monoisotopic (exact) mass is 373 g/mol. The van der Waals surface area contributed by atoms with E-state index in [1.165, 1.54) is 4.90 Å². The first kappa shape index (κ1) is 20.0. The minimum absolute atomic E-state index is 0.158. The summed E-state index contributed by atoms with van der Waals surface area (Å²) in [5, 5.41) is 16.3. The molecule has 0 fully saturated rings. The molecule has 0 unspecified atom stereocenters. The number of hydrogen-bond donors (Lipinski definition) is 3. The molecule has 0 spiro atoms. The minimum atomic E-state index is 0.158. The number of aromatic hydroxyl groups is 1. The van der Waals surface area contributed by atoms with E-state index in [4.69, 9.17) is 4.74 Å². The summed E-state index contributed by atoms with van der Waals surface area (Å²) >= 11 is 1.82. The van der Waals surface area contributed by atoms with Crippen molar-refractivity contribution in [3.8, 4) is 11.5 Å². The fourth-order valence-electron chi connectivity index (χ4n) is 2.37. The molecule has 2 aromatic carbocycles. The van der Waals surface area contributed by atoms with E-state index >= 15 is 0 Å². The molecule has 6 heteroatoms. The summed E-state index contributed by atoms with van der Waals surface area (Å²) in [4.78, 5) is 5.89. The summed E-state index contributed by atoms with van der Waals surface area (Å²) in [7, 11) is 1.55. The number of ether oxygens (including phenoxy) is 1. The number of guanidine groups is 1. The predicted molar refractivity (Wildman–Crippen MR) is 110 cm³/mol. The molecule has 0 heterocycles. The van der Waals surface area contributed by atoms with Gasteiger partial charge in [-0.2, -0.15) is 0 Å². The van der Waals surface area contributed by atoms with Crippen LogP contribution in [0.4, 0.5) is 0 Å². The van der Waals surface area contributed by atoms with Crippen molar-refractivity contribution in [2.45, 2.75) is 18.2 Å². The van der Waals surface area contributed by atoms with Gasteiger partial charge in [-0.05, 0) is 43.2 Å². The van der Waals surface area contributed by atoms with Gasteiger partial charge < -0.3 is 20.5 Å². The van der Waals surface area contributed by atoms with Gasteiger partial charge in [-0.1, -0.05) is 24.3 Å². The molecule has 140 valence electrons. The van der Waals surface area contributed by atoms with Crippen LogP contribution in [0.2, 0.25) is 0 Å². The first-order valence-electron chi connectivity index (χ1n) is 8.79. The van der Waals surface area contributed by atoms with Crippen LogP contribution in [0.5, 0.6) is 11.5 Å². The number of nitrogens with one attached hydrogen (secondary N) is 2. The van der Waals surface area contributed by atoms with Crippen LogP contribution in [0.1, 0.15) is 12.5 Å². The van der Waals surface area contributed by atoms with Gasteiger partial charge in [0.2, 0.25) is 0 Å². The fourth-order valence-corrected chi connectivity index (χ4v) is 3.16. The molecule has 2 aromatic rings. The molecule has 0 saturated heterocycles. The van der Waals surface area contributed by atoms with E-state index in [0.29, 0.717) is 12.3 Å². The Bertz CT molecular complexity index is 693. The first-order chi connectivity index (χ1) is 12.7. The predicted octanol–water partition coefficient (Wildman–Crippen LogP) is 3.29. The lowest BCUT2D eigenvalue weighted by Gasteiger charge is -2.11. The van der Waals surface area contributed by atoms with Crippen molar-refractivity contribution in [1.82, 2.24) is 10.6 Å². The molecular formula is C20H27N3O2S. The summed E-state index contributed by atoms with van der Waals surface area (Å²) in [5.41, 5.74) is 1.08. The third kappa shape index (κ3) is 6.88. The number of benzene rings is 2. The maximum absolute atomic E-state index is 9.65. The molecule has 0 aliphatic heterocycles. The number of rotatable bonds is 9. The second-order valence-electron chi connectivity index (χ2n) is 5.61. The summed E-state index contributed by atoms with van der Waals surface area (Å²) in [6.45, 7) is 4.39. The van der Waals surface area contributed by atoms with Gasteiger partial charge in [0, 0.05) is 30.3 Å². The van der Waals surface area contributed by atoms with Gasteiger partial charge in [0.15, 0.2) is 17.5 Å². The number of aliphatic imine (C=N–C) groups is 1. The summed E-state index contributed by atoms with van der Waals surface area (Å²) in [6.07, 6.45) is 0.784. The molecule has 0 aromatic heterocycles. The molecule has 0 saturated carbocycles. The van der Waals surface area contributed by atoms with Crippen LogP contribution in [0.15, 0.2) is 58.4 Å². The second-order valence-corrected chi connectivity index (χ2v) is 6.77. The number of hydrogen-bond acceptors (Lipinski definition) is 4.